The van der Waals surface area contributed by atoms with Crippen LogP contribution in [-0.2, 0) is 27.8 Å². The number of thiazole rings is 1. The number of hydrogen-bond donors (Lipinski definition) is 2. The van der Waals surface area contributed by atoms with Crippen LogP contribution in [0.25, 0.3) is 11.3 Å². The van der Waals surface area contributed by atoms with Gasteiger partial charge < -0.3 is 10.1 Å². The maximum absolute atomic E-state index is 13.9. The minimum Gasteiger partial charge on any atom is -0.379 e. The third-order valence-electron chi connectivity index (χ3n) is 6.91. The fourth-order valence-electron chi connectivity index (χ4n) is 5.01. The van der Waals surface area contributed by atoms with Gasteiger partial charge in [0.2, 0.25) is 0 Å². The predicted molar refractivity (Wildman–Crippen MR) is 128 cm³/mol. The van der Waals surface area contributed by atoms with Crippen LogP contribution in [-0.4, -0.2) is 56.6 Å². The zero-order valence-corrected chi connectivity index (χ0v) is 20.3. The summed E-state index contributed by atoms with van der Waals surface area (Å²) >= 11 is 1.69. The third kappa shape index (κ3) is 5.40. The molecule has 2 heterocycles. The van der Waals surface area contributed by atoms with Gasteiger partial charge in [-0.15, -0.1) is 11.3 Å². The van der Waals surface area contributed by atoms with Crippen LogP contribution in [0.4, 0.5) is 9.52 Å². The molecule has 2 N–H and O–H groups in total. The fourth-order valence-corrected chi connectivity index (χ4v) is 7.36. The van der Waals surface area contributed by atoms with E-state index >= 15 is 0 Å². The fraction of sp³-hybridized carbons (Fsp3) is 0.609. The minimum atomic E-state index is -3.42. The molecule has 0 spiro atoms. The summed E-state index contributed by atoms with van der Waals surface area (Å²) < 4.78 is 48.4. The molecule has 0 radical (unpaired) electrons. The highest BCUT2D eigenvalue weighted by atomic mass is 32.2. The van der Waals surface area contributed by atoms with Crippen LogP contribution in [0, 0.1) is 11.7 Å². The highest BCUT2D eigenvalue weighted by molar-refractivity contribution is 7.87. The summed E-state index contributed by atoms with van der Waals surface area (Å²) in [5.74, 6) is 0.133. The number of nitrogens with one attached hydrogen (secondary N) is 2. The van der Waals surface area contributed by atoms with Gasteiger partial charge in [-0.05, 0) is 68.6 Å². The Morgan fingerprint density at radius 3 is 2.73 bits per heavy atom. The van der Waals surface area contributed by atoms with Crippen molar-refractivity contribution in [1.29, 1.82) is 0 Å². The van der Waals surface area contributed by atoms with Gasteiger partial charge in [-0.25, -0.2) is 14.1 Å². The summed E-state index contributed by atoms with van der Waals surface area (Å²) in [5.41, 5.74) is 3.04. The topological polar surface area (TPSA) is 83.6 Å². The second kappa shape index (κ2) is 9.95. The van der Waals surface area contributed by atoms with Crippen LogP contribution in [0.3, 0.4) is 0 Å². The van der Waals surface area contributed by atoms with Crippen molar-refractivity contribution in [3.05, 3.63) is 34.5 Å². The van der Waals surface area contributed by atoms with E-state index in [1.807, 2.05) is 6.07 Å². The molecule has 2 aliphatic carbocycles. The first-order valence-electron chi connectivity index (χ1n) is 11.9. The number of ether oxygens (including phenoxy) is 1. The molecule has 0 amide bonds. The van der Waals surface area contributed by atoms with E-state index in [4.69, 9.17) is 9.72 Å². The van der Waals surface area contributed by atoms with Crippen molar-refractivity contribution in [2.75, 3.05) is 38.2 Å². The summed E-state index contributed by atoms with van der Waals surface area (Å²) in [6.07, 6.45) is 6.91. The second-order valence-corrected chi connectivity index (χ2v) is 12.0. The maximum atomic E-state index is 13.9. The Hall–Kier alpha value is -1.59. The molecule has 0 unspecified atom stereocenters. The average Bonchev–Trinajstić information content (AvgIpc) is 3.14. The number of morpholine rings is 1. The SMILES string of the molecule is O=S(=O)(NC[C@H]1CC[C@H](Nc2nc3c(s2)CCCc2ccc(F)cc2-3)CC1)N1CCOCC1. The lowest BCUT2D eigenvalue weighted by Gasteiger charge is -2.30. The molecule has 2 fully saturated rings. The van der Waals surface area contributed by atoms with Gasteiger partial charge in [0.15, 0.2) is 5.13 Å². The molecular weight excluding hydrogens is 463 g/mol. The van der Waals surface area contributed by atoms with Crippen LogP contribution >= 0.6 is 11.3 Å². The molecule has 1 aromatic carbocycles. The van der Waals surface area contributed by atoms with E-state index in [0.29, 0.717) is 44.8 Å². The quantitative estimate of drug-likeness (QED) is 0.642. The van der Waals surface area contributed by atoms with Crippen molar-refractivity contribution < 1.29 is 17.5 Å². The number of fused-ring (bicyclic) bond motifs is 3. The van der Waals surface area contributed by atoms with Crippen LogP contribution in [0.5, 0.6) is 0 Å². The molecule has 10 heteroatoms. The Kier molecular flexibility index (Phi) is 6.99. The number of rotatable bonds is 6. The number of benzene rings is 1. The van der Waals surface area contributed by atoms with Crippen molar-refractivity contribution >= 4 is 26.7 Å². The molecule has 7 nitrogen and oxygen atoms in total. The summed E-state index contributed by atoms with van der Waals surface area (Å²) in [5, 5.41) is 4.51. The Morgan fingerprint density at radius 2 is 1.94 bits per heavy atom. The molecule has 3 aliphatic rings. The second-order valence-electron chi connectivity index (χ2n) is 9.17. The van der Waals surface area contributed by atoms with Gasteiger partial charge in [0, 0.05) is 36.1 Å². The number of anilines is 1. The lowest BCUT2D eigenvalue weighted by atomic mass is 9.86. The molecule has 1 aliphatic heterocycles. The summed E-state index contributed by atoms with van der Waals surface area (Å²) in [6.45, 7) is 2.24. The zero-order valence-electron chi connectivity index (χ0n) is 18.7. The number of aryl methyl sites for hydroxylation is 2. The Labute approximate surface area is 198 Å². The molecule has 33 heavy (non-hydrogen) atoms. The lowest BCUT2D eigenvalue weighted by molar-refractivity contribution is 0.0724. The van der Waals surface area contributed by atoms with E-state index in [2.05, 4.69) is 10.0 Å². The van der Waals surface area contributed by atoms with Crippen molar-refractivity contribution in [1.82, 2.24) is 14.0 Å². The van der Waals surface area contributed by atoms with Crippen molar-refractivity contribution in [3.63, 3.8) is 0 Å². The monoisotopic (exact) mass is 494 g/mol. The number of halogens is 1. The molecule has 5 rings (SSSR count). The molecule has 1 saturated carbocycles. The number of hydrogen-bond acceptors (Lipinski definition) is 6. The number of nitrogens with zero attached hydrogens (tertiary/aromatic N) is 2. The highest BCUT2D eigenvalue weighted by Crippen LogP contribution is 2.38. The van der Waals surface area contributed by atoms with Gasteiger partial charge in [-0.2, -0.15) is 12.7 Å². The first kappa shape index (κ1) is 23.2. The summed E-state index contributed by atoms with van der Waals surface area (Å²) in [4.78, 5) is 6.09. The van der Waals surface area contributed by atoms with Crippen molar-refractivity contribution in [3.8, 4) is 11.3 Å². The van der Waals surface area contributed by atoms with Gasteiger partial charge in [-0.1, -0.05) is 6.07 Å². The average molecular weight is 495 g/mol. The maximum Gasteiger partial charge on any atom is 0.279 e. The normalized spacial score (nSPS) is 24.0. The lowest BCUT2D eigenvalue weighted by Crippen LogP contribution is -2.47. The molecule has 1 saturated heterocycles. The van der Waals surface area contributed by atoms with Crippen molar-refractivity contribution in [2.45, 2.75) is 51.0 Å². The summed E-state index contributed by atoms with van der Waals surface area (Å²) in [6, 6.07) is 5.38. The molecular formula is C23H31FN4O3S2. The zero-order chi connectivity index (χ0) is 22.8. The van der Waals surface area contributed by atoms with Crippen LogP contribution in [0.1, 0.15) is 42.5 Å². The van der Waals surface area contributed by atoms with E-state index in [9.17, 15) is 12.8 Å². The molecule has 0 atom stereocenters. The van der Waals surface area contributed by atoms with Crippen molar-refractivity contribution in [2.24, 2.45) is 5.92 Å². The van der Waals surface area contributed by atoms with E-state index in [1.54, 1.807) is 17.4 Å². The van der Waals surface area contributed by atoms with Crippen LogP contribution in [0.2, 0.25) is 0 Å². The minimum absolute atomic E-state index is 0.216. The molecule has 2 aromatic rings. The van der Waals surface area contributed by atoms with E-state index in [-0.39, 0.29) is 5.82 Å². The van der Waals surface area contributed by atoms with E-state index < -0.39 is 10.2 Å². The smallest absolute Gasteiger partial charge is 0.279 e. The van der Waals surface area contributed by atoms with E-state index in [0.717, 1.165) is 61.3 Å². The largest absolute Gasteiger partial charge is 0.379 e. The third-order valence-corrected chi connectivity index (χ3v) is 9.54. The molecule has 1 aromatic heterocycles. The van der Waals surface area contributed by atoms with E-state index in [1.165, 1.54) is 20.8 Å². The van der Waals surface area contributed by atoms with Gasteiger partial charge in [0.1, 0.15) is 5.82 Å². The van der Waals surface area contributed by atoms with Gasteiger partial charge in [0.05, 0.1) is 18.9 Å². The first-order valence-corrected chi connectivity index (χ1v) is 14.1. The molecule has 180 valence electrons. The van der Waals surface area contributed by atoms with Gasteiger partial charge in [0.25, 0.3) is 10.2 Å². The Morgan fingerprint density at radius 1 is 1.15 bits per heavy atom. The van der Waals surface area contributed by atoms with Gasteiger partial charge in [-0.3, -0.25) is 0 Å². The highest BCUT2D eigenvalue weighted by Gasteiger charge is 2.28. The van der Waals surface area contributed by atoms with Gasteiger partial charge >= 0.3 is 0 Å². The first-order chi connectivity index (χ1) is 16.0. The standard InChI is InChI=1S/C23H31FN4O3S2/c24-18-7-6-17-2-1-3-21-22(20(17)14-18)27-23(32-21)26-19-8-4-16(5-9-19)15-25-33(29,30)28-10-12-31-13-11-28/h6-7,14,16,19,25H,1-5,8-13,15H2,(H,26,27)/t16-,19-. The summed E-state index contributed by atoms with van der Waals surface area (Å²) in [7, 11) is -3.42. The number of aromatic nitrogens is 1. The molecule has 0 bridgehead atoms. The Balaban J connectivity index is 1.15. The Bertz CT molecular complexity index is 1080. The van der Waals surface area contributed by atoms with Crippen LogP contribution < -0.4 is 10.0 Å². The van der Waals surface area contributed by atoms with Crippen LogP contribution in [0.15, 0.2) is 18.2 Å². The predicted octanol–water partition coefficient (Wildman–Crippen LogP) is 3.58.